The van der Waals surface area contributed by atoms with Crippen molar-refractivity contribution < 1.29 is 9.90 Å². The number of benzene rings is 1. The minimum atomic E-state index is -0.147. The Labute approximate surface area is 168 Å². The molecule has 4 rings (SSSR count). The molecular weight excluding hydrogens is 366 g/mol. The van der Waals surface area contributed by atoms with Crippen molar-refractivity contribution in [3.05, 3.63) is 59.9 Å². The molecule has 146 valence electrons. The molecule has 1 aromatic carbocycles. The maximum atomic E-state index is 12.3. The van der Waals surface area contributed by atoms with E-state index in [-0.39, 0.29) is 11.8 Å². The molecule has 7 heteroatoms. The van der Waals surface area contributed by atoms with Crippen LogP contribution in [-0.2, 0) is 0 Å². The lowest BCUT2D eigenvalue weighted by Crippen LogP contribution is -2.35. The maximum absolute atomic E-state index is 12.3. The fraction of sp³-hybridized carbons (Fsp3) is 0.273. The van der Waals surface area contributed by atoms with Crippen LogP contribution in [0.15, 0.2) is 48.8 Å². The SMILES string of the molecule is CC1CC(CNC(=O)c2ccc(-n3ncc(-c4ccc(C#N)cc4)c3O)nc2)C1. The molecule has 0 spiro atoms. The number of nitrogens with zero attached hydrogens (tertiary/aromatic N) is 4. The molecule has 1 fully saturated rings. The van der Waals surface area contributed by atoms with E-state index in [9.17, 15) is 9.90 Å². The molecule has 0 bridgehead atoms. The molecule has 1 aliphatic rings. The quantitative estimate of drug-likeness (QED) is 0.699. The van der Waals surface area contributed by atoms with Gasteiger partial charge in [0, 0.05) is 12.7 Å². The third kappa shape index (κ3) is 3.83. The van der Waals surface area contributed by atoms with Gasteiger partial charge in [-0.1, -0.05) is 19.1 Å². The Balaban J connectivity index is 1.47. The molecule has 3 aromatic rings. The van der Waals surface area contributed by atoms with Crippen molar-refractivity contribution in [2.75, 3.05) is 6.54 Å². The highest BCUT2D eigenvalue weighted by atomic mass is 16.3. The predicted octanol–water partition coefficient (Wildman–Crippen LogP) is 3.29. The molecule has 1 amide bonds. The second-order valence-electron chi connectivity index (χ2n) is 7.54. The molecule has 0 aliphatic heterocycles. The second-order valence-corrected chi connectivity index (χ2v) is 7.54. The predicted molar refractivity (Wildman–Crippen MR) is 107 cm³/mol. The number of hydrogen-bond donors (Lipinski definition) is 2. The van der Waals surface area contributed by atoms with Gasteiger partial charge < -0.3 is 10.4 Å². The first-order valence-corrected chi connectivity index (χ1v) is 9.57. The number of carbonyl (C=O) groups is 1. The number of nitrogens with one attached hydrogen (secondary N) is 1. The van der Waals surface area contributed by atoms with Crippen LogP contribution in [0, 0.1) is 23.2 Å². The summed E-state index contributed by atoms with van der Waals surface area (Å²) in [5, 5.41) is 26.6. The Morgan fingerprint density at radius 3 is 2.62 bits per heavy atom. The van der Waals surface area contributed by atoms with Gasteiger partial charge in [-0.25, -0.2) is 4.98 Å². The third-order valence-electron chi connectivity index (χ3n) is 5.32. The van der Waals surface area contributed by atoms with Crippen LogP contribution >= 0.6 is 0 Å². The van der Waals surface area contributed by atoms with Gasteiger partial charge in [-0.3, -0.25) is 4.79 Å². The number of hydrogen-bond acceptors (Lipinski definition) is 5. The number of rotatable bonds is 5. The summed E-state index contributed by atoms with van der Waals surface area (Å²) < 4.78 is 1.31. The van der Waals surface area contributed by atoms with E-state index in [0.29, 0.717) is 35.0 Å². The Morgan fingerprint density at radius 2 is 2.00 bits per heavy atom. The minimum Gasteiger partial charge on any atom is -0.493 e. The van der Waals surface area contributed by atoms with E-state index in [1.54, 1.807) is 42.6 Å². The van der Waals surface area contributed by atoms with Gasteiger partial charge in [0.15, 0.2) is 5.82 Å². The van der Waals surface area contributed by atoms with E-state index >= 15 is 0 Å². The van der Waals surface area contributed by atoms with Gasteiger partial charge in [-0.15, -0.1) is 0 Å². The molecule has 0 radical (unpaired) electrons. The Bertz CT molecular complexity index is 1060. The Kier molecular flexibility index (Phi) is 5.00. The molecular formula is C22H21N5O2. The topological polar surface area (TPSA) is 104 Å². The number of nitriles is 1. The van der Waals surface area contributed by atoms with Crippen LogP contribution in [0.4, 0.5) is 0 Å². The first-order valence-electron chi connectivity index (χ1n) is 9.57. The molecule has 0 atom stereocenters. The zero-order chi connectivity index (χ0) is 20.4. The van der Waals surface area contributed by atoms with Crippen molar-refractivity contribution in [1.29, 1.82) is 5.26 Å². The van der Waals surface area contributed by atoms with Crippen molar-refractivity contribution in [2.24, 2.45) is 11.8 Å². The highest BCUT2D eigenvalue weighted by Crippen LogP contribution is 2.32. The smallest absolute Gasteiger partial charge is 0.252 e. The maximum Gasteiger partial charge on any atom is 0.252 e. The average Bonchev–Trinajstić information content (AvgIpc) is 3.11. The molecule has 2 aromatic heterocycles. The van der Waals surface area contributed by atoms with Crippen LogP contribution in [-0.4, -0.2) is 32.3 Å². The van der Waals surface area contributed by atoms with Gasteiger partial charge in [0.05, 0.1) is 29.0 Å². The van der Waals surface area contributed by atoms with Crippen molar-refractivity contribution in [1.82, 2.24) is 20.1 Å². The summed E-state index contributed by atoms with van der Waals surface area (Å²) in [5.41, 5.74) is 2.30. The minimum absolute atomic E-state index is 0.0569. The molecule has 1 aliphatic carbocycles. The standard InChI is InChI=1S/C22H21N5O2/c1-14-8-16(9-14)11-25-21(28)18-6-7-20(24-12-18)27-22(29)19(13-26-27)17-4-2-15(10-23)3-5-17/h2-7,12-14,16,29H,8-9,11H2,1H3,(H,25,28). The third-order valence-corrected chi connectivity index (χ3v) is 5.32. The second kappa shape index (κ2) is 7.76. The number of amides is 1. The fourth-order valence-corrected chi connectivity index (χ4v) is 3.66. The number of aromatic hydroxyl groups is 1. The Morgan fingerprint density at radius 1 is 1.24 bits per heavy atom. The summed E-state index contributed by atoms with van der Waals surface area (Å²) >= 11 is 0. The fourth-order valence-electron chi connectivity index (χ4n) is 3.66. The van der Waals surface area contributed by atoms with Gasteiger partial charge in [0.1, 0.15) is 0 Å². The van der Waals surface area contributed by atoms with Crippen LogP contribution < -0.4 is 5.32 Å². The molecule has 2 N–H and O–H groups in total. The highest BCUT2D eigenvalue weighted by molar-refractivity contribution is 5.93. The molecule has 29 heavy (non-hydrogen) atoms. The normalized spacial score (nSPS) is 17.9. The monoisotopic (exact) mass is 387 g/mol. The number of pyridine rings is 1. The zero-order valence-corrected chi connectivity index (χ0v) is 16.0. The van der Waals surface area contributed by atoms with Crippen LogP contribution in [0.3, 0.4) is 0 Å². The van der Waals surface area contributed by atoms with Crippen LogP contribution in [0.1, 0.15) is 35.7 Å². The van der Waals surface area contributed by atoms with Gasteiger partial charge in [0.2, 0.25) is 5.88 Å². The average molecular weight is 387 g/mol. The molecule has 0 unspecified atom stereocenters. The van der Waals surface area contributed by atoms with Gasteiger partial charge in [-0.2, -0.15) is 15.0 Å². The van der Waals surface area contributed by atoms with Crippen LogP contribution in [0.2, 0.25) is 0 Å². The summed E-state index contributed by atoms with van der Waals surface area (Å²) in [6.07, 6.45) is 5.35. The summed E-state index contributed by atoms with van der Waals surface area (Å²) in [7, 11) is 0. The summed E-state index contributed by atoms with van der Waals surface area (Å²) in [4.78, 5) is 16.6. The molecule has 0 saturated heterocycles. The van der Waals surface area contributed by atoms with E-state index in [1.807, 2.05) is 0 Å². The highest BCUT2D eigenvalue weighted by Gasteiger charge is 2.25. The number of aromatic nitrogens is 3. The van der Waals surface area contributed by atoms with E-state index in [4.69, 9.17) is 5.26 Å². The van der Waals surface area contributed by atoms with Gasteiger partial charge in [-0.05, 0) is 54.5 Å². The van der Waals surface area contributed by atoms with E-state index < -0.39 is 0 Å². The van der Waals surface area contributed by atoms with E-state index in [0.717, 1.165) is 24.3 Å². The Hall–Kier alpha value is -3.66. The first kappa shape index (κ1) is 18.7. The summed E-state index contributed by atoms with van der Waals surface area (Å²) in [6.45, 7) is 2.91. The lowest BCUT2D eigenvalue weighted by molar-refractivity contribution is 0.0927. The lowest BCUT2D eigenvalue weighted by Gasteiger charge is -2.32. The molecule has 2 heterocycles. The van der Waals surface area contributed by atoms with Crippen molar-refractivity contribution in [3.8, 4) is 28.9 Å². The van der Waals surface area contributed by atoms with Crippen LogP contribution in [0.5, 0.6) is 5.88 Å². The lowest BCUT2D eigenvalue weighted by atomic mass is 9.76. The van der Waals surface area contributed by atoms with Crippen molar-refractivity contribution in [3.63, 3.8) is 0 Å². The summed E-state index contributed by atoms with van der Waals surface area (Å²) in [5.74, 6) is 1.54. The zero-order valence-electron chi connectivity index (χ0n) is 16.0. The first-order chi connectivity index (χ1) is 14.0. The van der Waals surface area contributed by atoms with Crippen LogP contribution in [0.25, 0.3) is 16.9 Å². The van der Waals surface area contributed by atoms with E-state index in [2.05, 4.69) is 28.4 Å². The van der Waals surface area contributed by atoms with Gasteiger partial charge >= 0.3 is 0 Å². The molecule has 7 nitrogen and oxygen atoms in total. The molecule has 1 saturated carbocycles. The van der Waals surface area contributed by atoms with Gasteiger partial charge in [0.25, 0.3) is 5.91 Å². The number of carbonyl (C=O) groups excluding carboxylic acids is 1. The van der Waals surface area contributed by atoms with Crippen molar-refractivity contribution in [2.45, 2.75) is 19.8 Å². The van der Waals surface area contributed by atoms with E-state index in [1.165, 1.54) is 10.9 Å². The largest absolute Gasteiger partial charge is 0.493 e. The summed E-state index contributed by atoms with van der Waals surface area (Å²) in [6, 6.07) is 12.3. The van der Waals surface area contributed by atoms with Crippen molar-refractivity contribution >= 4 is 5.91 Å².